The summed E-state index contributed by atoms with van der Waals surface area (Å²) in [5, 5.41) is 2.71. The van der Waals surface area contributed by atoms with Crippen molar-refractivity contribution >= 4 is 42.1 Å². The van der Waals surface area contributed by atoms with Crippen molar-refractivity contribution in [3.05, 3.63) is 23.8 Å². The highest BCUT2D eigenvalue weighted by Gasteiger charge is 2.32. The number of carbonyl (C=O) groups excluding carboxylic acids is 1. The molecule has 0 spiro atoms. The second-order valence-corrected chi connectivity index (χ2v) is 7.03. The van der Waals surface area contributed by atoms with Crippen LogP contribution in [0, 0.1) is 5.92 Å². The van der Waals surface area contributed by atoms with Crippen molar-refractivity contribution in [3.8, 4) is 0 Å². The van der Waals surface area contributed by atoms with Crippen LogP contribution in [0.3, 0.4) is 0 Å². The van der Waals surface area contributed by atoms with E-state index in [1.165, 1.54) is 6.07 Å². The van der Waals surface area contributed by atoms with Crippen molar-refractivity contribution < 1.29 is 18.0 Å². The van der Waals surface area contributed by atoms with Crippen LogP contribution >= 0.6 is 24.8 Å². The normalized spacial score (nSPS) is 22.1. The summed E-state index contributed by atoms with van der Waals surface area (Å²) in [6.45, 7) is 1.59. The van der Waals surface area contributed by atoms with Gasteiger partial charge in [0.25, 0.3) is 0 Å². The predicted molar refractivity (Wildman–Crippen MR) is 106 cm³/mol. The van der Waals surface area contributed by atoms with Gasteiger partial charge in [-0.25, -0.2) is 0 Å². The van der Waals surface area contributed by atoms with Crippen LogP contribution in [0.15, 0.2) is 18.2 Å². The Morgan fingerprint density at radius 1 is 1.15 bits per heavy atom. The van der Waals surface area contributed by atoms with E-state index in [0.29, 0.717) is 5.69 Å². The number of halogens is 5. The molecule has 1 aromatic rings. The standard InChI is InChI=1S/C18H24F3N3O.2ClH/c19-18(20,21)13-6-7-16(24-8-1-2-9-24)15(11-13)23-17(25)10-12-4-3-5-14(12)22;;/h6-7,11-12,14H,1-5,8-10,22H2,(H,23,25);2*1H/t12-,14+;;/m0../s1. The van der Waals surface area contributed by atoms with Gasteiger partial charge in [-0.15, -0.1) is 24.8 Å². The van der Waals surface area contributed by atoms with Gasteiger partial charge < -0.3 is 16.0 Å². The molecule has 1 saturated carbocycles. The van der Waals surface area contributed by atoms with E-state index in [2.05, 4.69) is 5.32 Å². The first-order valence-corrected chi connectivity index (χ1v) is 8.86. The maximum Gasteiger partial charge on any atom is 0.416 e. The summed E-state index contributed by atoms with van der Waals surface area (Å²) in [6, 6.07) is 3.59. The van der Waals surface area contributed by atoms with Crippen LogP contribution in [0.4, 0.5) is 24.5 Å². The highest BCUT2D eigenvalue weighted by atomic mass is 35.5. The van der Waals surface area contributed by atoms with Crippen LogP contribution in [-0.4, -0.2) is 25.0 Å². The van der Waals surface area contributed by atoms with Gasteiger partial charge in [-0.1, -0.05) is 6.42 Å². The van der Waals surface area contributed by atoms with E-state index in [9.17, 15) is 18.0 Å². The molecule has 1 aromatic carbocycles. The number of nitrogens with two attached hydrogens (primary N) is 1. The van der Waals surface area contributed by atoms with Crippen molar-refractivity contribution in [2.45, 2.75) is 50.7 Å². The number of benzene rings is 1. The third-order valence-corrected chi connectivity index (χ3v) is 5.21. The molecule has 27 heavy (non-hydrogen) atoms. The molecule has 154 valence electrons. The summed E-state index contributed by atoms with van der Waals surface area (Å²) < 4.78 is 39.2. The second kappa shape index (κ2) is 9.85. The number of hydrogen-bond donors (Lipinski definition) is 2. The lowest BCUT2D eigenvalue weighted by Gasteiger charge is -2.23. The zero-order chi connectivity index (χ0) is 18.0. The van der Waals surface area contributed by atoms with Gasteiger partial charge >= 0.3 is 6.18 Å². The molecule has 4 nitrogen and oxygen atoms in total. The first kappa shape index (κ1) is 23.9. The largest absolute Gasteiger partial charge is 0.416 e. The smallest absolute Gasteiger partial charge is 0.370 e. The van der Waals surface area contributed by atoms with Crippen LogP contribution in [0.5, 0.6) is 0 Å². The van der Waals surface area contributed by atoms with Crippen LogP contribution in [-0.2, 0) is 11.0 Å². The third-order valence-electron chi connectivity index (χ3n) is 5.21. The SMILES string of the molecule is Cl.Cl.N[C@@H]1CCC[C@H]1CC(=O)Nc1cc(C(F)(F)F)ccc1N1CCCC1. The Labute approximate surface area is 169 Å². The molecule has 0 unspecified atom stereocenters. The van der Waals surface area contributed by atoms with Gasteiger partial charge in [-0.3, -0.25) is 4.79 Å². The van der Waals surface area contributed by atoms with Gasteiger partial charge in [-0.05, 0) is 49.8 Å². The van der Waals surface area contributed by atoms with Gasteiger partial charge in [-0.2, -0.15) is 13.2 Å². The molecule has 2 fully saturated rings. The molecule has 3 rings (SSSR count). The maximum atomic E-state index is 13.1. The molecule has 0 aromatic heterocycles. The summed E-state index contributed by atoms with van der Waals surface area (Å²) in [6.07, 6.45) is 0.642. The number of carbonyl (C=O) groups is 1. The Hall–Kier alpha value is -1.18. The van der Waals surface area contributed by atoms with Crippen molar-refractivity contribution in [1.29, 1.82) is 0 Å². The Balaban J connectivity index is 0.00000182. The molecule has 0 bridgehead atoms. The number of anilines is 2. The highest BCUT2D eigenvalue weighted by Crippen LogP contribution is 2.37. The summed E-state index contributed by atoms with van der Waals surface area (Å²) in [5.74, 6) is -0.150. The van der Waals surface area contributed by atoms with Gasteiger partial charge in [0.2, 0.25) is 5.91 Å². The summed E-state index contributed by atoms with van der Waals surface area (Å²) in [4.78, 5) is 14.4. The summed E-state index contributed by atoms with van der Waals surface area (Å²) in [5.41, 5.74) is 6.15. The number of amides is 1. The molecule has 1 saturated heterocycles. The fourth-order valence-corrected chi connectivity index (χ4v) is 3.80. The Kier molecular flexibility index (Phi) is 8.70. The maximum absolute atomic E-state index is 13.1. The van der Waals surface area contributed by atoms with Crippen molar-refractivity contribution in [2.24, 2.45) is 11.7 Å². The van der Waals surface area contributed by atoms with Crippen molar-refractivity contribution in [3.63, 3.8) is 0 Å². The molecule has 2 atom stereocenters. The molecular weight excluding hydrogens is 402 g/mol. The average molecular weight is 428 g/mol. The van der Waals surface area contributed by atoms with Crippen molar-refractivity contribution in [2.75, 3.05) is 23.3 Å². The third kappa shape index (κ3) is 5.90. The predicted octanol–water partition coefficient (Wildman–Crippen LogP) is 4.61. The number of hydrogen-bond acceptors (Lipinski definition) is 3. The fraction of sp³-hybridized carbons (Fsp3) is 0.611. The van der Waals surface area contributed by atoms with Crippen LogP contribution < -0.4 is 16.0 Å². The van der Waals surface area contributed by atoms with E-state index in [1.54, 1.807) is 0 Å². The zero-order valence-corrected chi connectivity index (χ0v) is 16.6. The van der Waals surface area contributed by atoms with Gasteiger partial charge in [0.05, 0.1) is 16.9 Å². The highest BCUT2D eigenvalue weighted by molar-refractivity contribution is 5.94. The summed E-state index contributed by atoms with van der Waals surface area (Å²) >= 11 is 0. The molecule has 2 aliphatic rings. The van der Waals surface area contributed by atoms with Gasteiger partial charge in [0.1, 0.15) is 0 Å². The minimum absolute atomic E-state index is 0. The van der Waals surface area contributed by atoms with E-state index in [0.717, 1.165) is 57.3 Å². The van der Waals surface area contributed by atoms with Gasteiger partial charge in [0.15, 0.2) is 0 Å². The molecule has 0 radical (unpaired) electrons. The minimum Gasteiger partial charge on any atom is -0.370 e. The number of nitrogens with zero attached hydrogens (tertiary/aromatic N) is 1. The Bertz CT molecular complexity index is 637. The topological polar surface area (TPSA) is 58.4 Å². The van der Waals surface area contributed by atoms with Crippen LogP contribution in [0.1, 0.15) is 44.1 Å². The van der Waals surface area contributed by atoms with Crippen molar-refractivity contribution in [1.82, 2.24) is 0 Å². The first-order valence-electron chi connectivity index (χ1n) is 8.86. The second-order valence-electron chi connectivity index (χ2n) is 7.03. The number of rotatable bonds is 4. The average Bonchev–Trinajstić information content (AvgIpc) is 3.19. The molecular formula is C18H26Cl2F3N3O. The molecule has 1 aliphatic heterocycles. The van der Waals surface area contributed by atoms with E-state index in [1.807, 2.05) is 4.90 Å². The minimum atomic E-state index is -4.43. The van der Waals surface area contributed by atoms with E-state index in [-0.39, 0.29) is 54.8 Å². The van der Waals surface area contributed by atoms with E-state index in [4.69, 9.17) is 5.73 Å². The Morgan fingerprint density at radius 3 is 2.37 bits per heavy atom. The van der Waals surface area contributed by atoms with Crippen LogP contribution in [0.2, 0.25) is 0 Å². The quantitative estimate of drug-likeness (QED) is 0.737. The fourth-order valence-electron chi connectivity index (χ4n) is 3.80. The lowest BCUT2D eigenvalue weighted by atomic mass is 10.00. The number of alkyl halides is 3. The molecule has 1 heterocycles. The lowest BCUT2D eigenvalue weighted by molar-refractivity contribution is -0.137. The monoisotopic (exact) mass is 427 g/mol. The first-order chi connectivity index (χ1) is 11.8. The van der Waals surface area contributed by atoms with E-state index >= 15 is 0 Å². The molecule has 3 N–H and O–H groups in total. The van der Waals surface area contributed by atoms with E-state index < -0.39 is 11.7 Å². The Morgan fingerprint density at radius 2 is 1.81 bits per heavy atom. The van der Waals surface area contributed by atoms with Crippen LogP contribution in [0.25, 0.3) is 0 Å². The van der Waals surface area contributed by atoms with Gasteiger partial charge in [0, 0.05) is 25.6 Å². The number of nitrogens with one attached hydrogen (secondary N) is 1. The molecule has 1 amide bonds. The zero-order valence-electron chi connectivity index (χ0n) is 14.9. The molecule has 1 aliphatic carbocycles. The lowest BCUT2D eigenvalue weighted by Crippen LogP contribution is -2.29. The molecule has 9 heteroatoms. The summed E-state index contributed by atoms with van der Waals surface area (Å²) in [7, 11) is 0.